The number of halogens is 1. The summed E-state index contributed by atoms with van der Waals surface area (Å²) in [7, 11) is 0. The van der Waals surface area contributed by atoms with Crippen LogP contribution in [0.25, 0.3) is 10.9 Å². The summed E-state index contributed by atoms with van der Waals surface area (Å²) in [6.45, 7) is 1.99. The Labute approximate surface area is 162 Å². The number of fused-ring (bicyclic) bond motifs is 1. The van der Waals surface area contributed by atoms with E-state index in [1.165, 1.54) is 0 Å². The molecule has 4 aromatic rings. The third-order valence-corrected chi connectivity index (χ3v) is 4.80. The van der Waals surface area contributed by atoms with Gasteiger partial charge in [0.1, 0.15) is 11.3 Å². The number of hydrogen-bond donors (Lipinski definition) is 2. The van der Waals surface area contributed by atoms with E-state index in [-0.39, 0.29) is 11.8 Å². The van der Waals surface area contributed by atoms with Crippen molar-refractivity contribution in [3.05, 3.63) is 94.9 Å². The highest BCUT2D eigenvalue weighted by Crippen LogP contribution is 2.36. The third kappa shape index (κ3) is 3.44. The molecule has 2 N–H and O–H groups in total. The van der Waals surface area contributed by atoms with Gasteiger partial charge in [-0.05, 0) is 48.9 Å². The smallest absolute Gasteiger partial charge is 0.147 e. The van der Waals surface area contributed by atoms with Crippen molar-refractivity contribution in [1.82, 2.24) is 9.97 Å². The maximum atomic E-state index is 10.9. The van der Waals surface area contributed by atoms with Crippen molar-refractivity contribution in [3.8, 4) is 5.75 Å². The Balaban J connectivity index is 1.85. The van der Waals surface area contributed by atoms with E-state index in [9.17, 15) is 5.11 Å². The number of nitrogens with one attached hydrogen (secondary N) is 1. The van der Waals surface area contributed by atoms with Gasteiger partial charge >= 0.3 is 0 Å². The molecule has 2 aromatic carbocycles. The van der Waals surface area contributed by atoms with E-state index in [4.69, 9.17) is 11.6 Å². The summed E-state index contributed by atoms with van der Waals surface area (Å²) in [6.07, 6.45) is 3.42. The lowest BCUT2D eigenvalue weighted by Gasteiger charge is -2.22. The number of phenols is 1. The van der Waals surface area contributed by atoms with Gasteiger partial charge in [0.05, 0.1) is 11.7 Å². The van der Waals surface area contributed by atoms with Crippen molar-refractivity contribution in [2.75, 3.05) is 5.32 Å². The summed E-state index contributed by atoms with van der Waals surface area (Å²) in [5.74, 6) is 0.155. The largest absolute Gasteiger partial charge is 0.505 e. The number of pyridine rings is 2. The fourth-order valence-electron chi connectivity index (χ4n) is 3.18. The number of aromatic hydroxyl groups is 1. The van der Waals surface area contributed by atoms with Crippen molar-refractivity contribution in [1.29, 1.82) is 0 Å². The summed E-state index contributed by atoms with van der Waals surface area (Å²) in [5.41, 5.74) is 4.04. The molecule has 0 spiro atoms. The summed E-state index contributed by atoms with van der Waals surface area (Å²) in [4.78, 5) is 8.84. The number of rotatable bonds is 4. The zero-order chi connectivity index (χ0) is 18.8. The Kier molecular flexibility index (Phi) is 4.65. The predicted octanol–water partition coefficient (Wildman–Crippen LogP) is 5.50. The van der Waals surface area contributed by atoms with Crippen LogP contribution in [0, 0.1) is 6.92 Å². The number of benzene rings is 2. The van der Waals surface area contributed by atoms with Gasteiger partial charge < -0.3 is 10.4 Å². The summed E-state index contributed by atoms with van der Waals surface area (Å²) < 4.78 is 0. The van der Waals surface area contributed by atoms with E-state index in [0.29, 0.717) is 16.1 Å². The van der Waals surface area contributed by atoms with Crippen LogP contribution in [-0.4, -0.2) is 15.1 Å². The molecule has 0 aliphatic rings. The van der Waals surface area contributed by atoms with Crippen LogP contribution in [0.15, 0.2) is 73.1 Å². The molecule has 0 saturated heterocycles. The molecule has 1 atom stereocenters. The second-order valence-electron chi connectivity index (χ2n) is 6.37. The molecule has 5 heteroatoms. The minimum Gasteiger partial charge on any atom is -0.505 e. The minimum absolute atomic E-state index is 0.155. The van der Waals surface area contributed by atoms with Crippen LogP contribution in [0.2, 0.25) is 5.02 Å². The lowest BCUT2D eigenvalue weighted by atomic mass is 9.99. The van der Waals surface area contributed by atoms with Gasteiger partial charge in [0.25, 0.3) is 0 Å². The Morgan fingerprint density at radius 3 is 2.59 bits per heavy atom. The molecule has 27 heavy (non-hydrogen) atoms. The number of aromatic nitrogens is 2. The molecule has 4 rings (SSSR count). The standard InChI is InChI=1S/C22H18ClN3O/c1-14-13-16(23)8-10-18(14)26-21(19-6-2-3-11-24-19)17-9-7-15-5-4-12-25-20(15)22(17)27/h2-13,21,26-27H,1H3. The van der Waals surface area contributed by atoms with Crippen molar-refractivity contribution in [2.24, 2.45) is 0 Å². The first-order valence-electron chi connectivity index (χ1n) is 8.63. The molecule has 0 bridgehead atoms. The topological polar surface area (TPSA) is 58.0 Å². The van der Waals surface area contributed by atoms with E-state index in [2.05, 4.69) is 15.3 Å². The molecule has 0 aliphatic carbocycles. The zero-order valence-electron chi connectivity index (χ0n) is 14.7. The van der Waals surface area contributed by atoms with Gasteiger partial charge in [0.2, 0.25) is 0 Å². The minimum atomic E-state index is -0.336. The van der Waals surface area contributed by atoms with E-state index in [1.54, 1.807) is 12.4 Å². The van der Waals surface area contributed by atoms with Gasteiger partial charge in [0, 0.05) is 34.1 Å². The lowest BCUT2D eigenvalue weighted by Crippen LogP contribution is -2.15. The molecular weight excluding hydrogens is 358 g/mol. The SMILES string of the molecule is Cc1cc(Cl)ccc1NC(c1ccccn1)c1ccc2cccnc2c1O. The fourth-order valence-corrected chi connectivity index (χ4v) is 3.41. The lowest BCUT2D eigenvalue weighted by molar-refractivity contribution is 0.471. The monoisotopic (exact) mass is 375 g/mol. The van der Waals surface area contributed by atoms with Gasteiger partial charge in [-0.25, -0.2) is 0 Å². The second-order valence-corrected chi connectivity index (χ2v) is 6.81. The third-order valence-electron chi connectivity index (χ3n) is 4.56. The Hall–Kier alpha value is -3.11. The Morgan fingerprint density at radius 2 is 1.81 bits per heavy atom. The van der Waals surface area contributed by atoms with Crippen LogP contribution >= 0.6 is 11.6 Å². The first kappa shape index (κ1) is 17.3. The second kappa shape index (κ2) is 7.25. The molecule has 2 aromatic heterocycles. The van der Waals surface area contributed by atoms with E-state index in [0.717, 1.165) is 22.3 Å². The average molecular weight is 376 g/mol. The zero-order valence-corrected chi connectivity index (χ0v) is 15.5. The van der Waals surface area contributed by atoms with Gasteiger partial charge in [-0.3, -0.25) is 9.97 Å². The first-order valence-corrected chi connectivity index (χ1v) is 9.01. The molecule has 134 valence electrons. The van der Waals surface area contributed by atoms with Gasteiger partial charge in [-0.15, -0.1) is 0 Å². The maximum Gasteiger partial charge on any atom is 0.147 e. The van der Waals surface area contributed by atoms with Crippen LogP contribution in [0.3, 0.4) is 0 Å². The Morgan fingerprint density at radius 1 is 0.963 bits per heavy atom. The van der Waals surface area contributed by atoms with Crippen LogP contribution in [0.1, 0.15) is 22.9 Å². The number of phenolic OH excluding ortho intramolecular Hbond substituents is 1. The number of hydrogen-bond acceptors (Lipinski definition) is 4. The molecule has 0 radical (unpaired) electrons. The molecule has 0 amide bonds. The number of aryl methyl sites for hydroxylation is 1. The summed E-state index contributed by atoms with van der Waals surface area (Å²) >= 11 is 6.09. The highest BCUT2D eigenvalue weighted by molar-refractivity contribution is 6.30. The molecule has 1 unspecified atom stereocenters. The van der Waals surface area contributed by atoms with Crippen LogP contribution in [0.4, 0.5) is 5.69 Å². The average Bonchev–Trinajstić information content (AvgIpc) is 2.69. The quantitative estimate of drug-likeness (QED) is 0.494. The number of anilines is 1. The fraction of sp³-hybridized carbons (Fsp3) is 0.0909. The maximum absolute atomic E-state index is 10.9. The molecular formula is C22H18ClN3O. The van der Waals surface area contributed by atoms with E-state index < -0.39 is 0 Å². The highest BCUT2D eigenvalue weighted by Gasteiger charge is 2.21. The molecule has 0 saturated carbocycles. The molecule has 2 heterocycles. The molecule has 0 aliphatic heterocycles. The van der Waals surface area contributed by atoms with Gasteiger partial charge in [0.15, 0.2) is 0 Å². The van der Waals surface area contributed by atoms with E-state index >= 15 is 0 Å². The van der Waals surface area contributed by atoms with Crippen molar-refractivity contribution in [3.63, 3.8) is 0 Å². The molecule has 4 nitrogen and oxygen atoms in total. The van der Waals surface area contributed by atoms with Crippen molar-refractivity contribution >= 4 is 28.2 Å². The molecule has 0 fully saturated rings. The van der Waals surface area contributed by atoms with Crippen molar-refractivity contribution < 1.29 is 5.11 Å². The summed E-state index contributed by atoms with van der Waals surface area (Å²) in [5, 5.41) is 16.0. The normalized spacial score (nSPS) is 12.1. The Bertz CT molecular complexity index is 1100. The highest BCUT2D eigenvalue weighted by atomic mass is 35.5. The first-order chi connectivity index (χ1) is 13.1. The van der Waals surface area contributed by atoms with Gasteiger partial charge in [-0.2, -0.15) is 0 Å². The van der Waals surface area contributed by atoms with Crippen LogP contribution in [-0.2, 0) is 0 Å². The van der Waals surface area contributed by atoms with Crippen LogP contribution in [0.5, 0.6) is 5.75 Å². The predicted molar refractivity (Wildman–Crippen MR) is 109 cm³/mol. The van der Waals surface area contributed by atoms with Crippen LogP contribution < -0.4 is 5.32 Å². The van der Waals surface area contributed by atoms with Crippen molar-refractivity contribution in [2.45, 2.75) is 13.0 Å². The van der Waals surface area contributed by atoms with Gasteiger partial charge in [-0.1, -0.05) is 35.9 Å². The van der Waals surface area contributed by atoms with E-state index in [1.807, 2.05) is 67.6 Å². The number of nitrogens with zero attached hydrogens (tertiary/aromatic N) is 2. The summed E-state index contributed by atoms with van der Waals surface area (Å²) in [6, 6.07) is 18.7.